The predicted molar refractivity (Wildman–Crippen MR) is 114 cm³/mol. The van der Waals surface area contributed by atoms with Crippen LogP contribution in [0.5, 0.6) is 5.75 Å². The number of para-hydroxylation sites is 1. The highest BCUT2D eigenvalue weighted by molar-refractivity contribution is 6.00. The van der Waals surface area contributed by atoms with Crippen LogP contribution in [0.1, 0.15) is 26.2 Å². The van der Waals surface area contributed by atoms with Gasteiger partial charge in [-0.05, 0) is 37.8 Å². The first-order valence-corrected chi connectivity index (χ1v) is 10.8. The Morgan fingerprint density at radius 2 is 1.81 bits per heavy atom. The van der Waals surface area contributed by atoms with Crippen molar-refractivity contribution < 1.29 is 24.5 Å². The number of hydrogen-bond acceptors (Lipinski definition) is 4. The number of nitrogens with zero attached hydrogens (tertiary/aromatic N) is 1. The molecule has 2 aliphatic heterocycles. The lowest BCUT2D eigenvalue weighted by Crippen LogP contribution is -2.64. The topological polar surface area (TPSA) is 87.1 Å². The summed E-state index contributed by atoms with van der Waals surface area (Å²) in [4.78, 5) is 26.3. The Morgan fingerprint density at radius 3 is 2.52 bits per heavy atom. The Balaban J connectivity index is 1.53. The number of carbonyl (C=O) groups is 2. The van der Waals surface area contributed by atoms with Gasteiger partial charge in [0.2, 0.25) is 5.91 Å². The molecule has 31 heavy (non-hydrogen) atoms. The summed E-state index contributed by atoms with van der Waals surface area (Å²) in [5, 5.41) is 20.1. The molecule has 0 aromatic heterocycles. The zero-order valence-corrected chi connectivity index (χ0v) is 17.3. The number of carboxylic acids is 1. The van der Waals surface area contributed by atoms with Gasteiger partial charge < -0.3 is 19.8 Å². The van der Waals surface area contributed by atoms with Crippen molar-refractivity contribution >= 4 is 11.9 Å². The van der Waals surface area contributed by atoms with Crippen molar-refractivity contribution in [1.29, 1.82) is 0 Å². The Bertz CT molecular complexity index is 1060. The largest absolute Gasteiger partial charge is 0.485 e. The molecular weight excluding hydrogens is 394 g/mol. The molecule has 6 heteroatoms. The van der Waals surface area contributed by atoms with Crippen molar-refractivity contribution in [2.75, 3.05) is 0 Å². The Labute approximate surface area is 180 Å². The lowest BCUT2D eigenvalue weighted by molar-refractivity contribution is -0.163. The summed E-state index contributed by atoms with van der Waals surface area (Å²) in [6, 6.07) is 17.4. The highest BCUT2D eigenvalue weighted by atomic mass is 16.5. The number of β-lactam (4-membered cyclic amide) rings is 1. The summed E-state index contributed by atoms with van der Waals surface area (Å²) in [6.07, 6.45) is 1.15. The average Bonchev–Trinajstić information content (AvgIpc) is 3.06. The van der Waals surface area contributed by atoms with E-state index in [0.717, 1.165) is 24.0 Å². The van der Waals surface area contributed by atoms with Crippen LogP contribution in [0.2, 0.25) is 0 Å². The second-order valence-corrected chi connectivity index (χ2v) is 8.58. The van der Waals surface area contributed by atoms with E-state index in [1.54, 1.807) is 6.92 Å². The molecule has 1 saturated carbocycles. The second kappa shape index (κ2) is 7.54. The number of aliphatic hydroxyl groups is 1. The monoisotopic (exact) mass is 419 g/mol. The molecule has 2 N–H and O–H groups in total. The molecule has 0 radical (unpaired) electrons. The smallest absolute Gasteiger partial charge is 0.352 e. The van der Waals surface area contributed by atoms with Gasteiger partial charge in [-0.2, -0.15) is 0 Å². The normalized spacial score (nSPS) is 27.9. The minimum Gasteiger partial charge on any atom is -0.485 e. The van der Waals surface area contributed by atoms with Crippen molar-refractivity contribution in [3.8, 4) is 16.9 Å². The van der Waals surface area contributed by atoms with Crippen molar-refractivity contribution in [2.24, 2.45) is 11.8 Å². The number of hydrogen-bond donors (Lipinski definition) is 2. The molecule has 3 aliphatic rings. The fourth-order valence-electron chi connectivity index (χ4n) is 5.54. The van der Waals surface area contributed by atoms with Crippen LogP contribution in [0.4, 0.5) is 0 Å². The highest BCUT2D eigenvalue weighted by Gasteiger charge is 2.62. The van der Waals surface area contributed by atoms with E-state index < -0.39 is 24.1 Å². The number of fused-ring (bicyclic) bond motifs is 3. The van der Waals surface area contributed by atoms with Crippen LogP contribution in [0.15, 0.2) is 65.9 Å². The summed E-state index contributed by atoms with van der Waals surface area (Å²) >= 11 is 0. The van der Waals surface area contributed by atoms with Crippen LogP contribution in [0, 0.1) is 11.8 Å². The SMILES string of the molecule is C[C@@H](O)[C@H]1C(=O)N2C(C(=O)O)=C3C(Oc4ccccc4-c4ccccc4)CCCC3[C@H]12. The van der Waals surface area contributed by atoms with E-state index in [0.29, 0.717) is 17.7 Å². The lowest BCUT2D eigenvalue weighted by atomic mass is 9.71. The third-order valence-corrected chi connectivity index (χ3v) is 6.81. The molecule has 0 spiro atoms. The first-order valence-electron chi connectivity index (χ1n) is 10.8. The summed E-state index contributed by atoms with van der Waals surface area (Å²) in [7, 11) is 0. The fraction of sp³-hybridized carbons (Fsp3) is 0.360. The van der Waals surface area contributed by atoms with E-state index in [1.165, 1.54) is 4.90 Å². The van der Waals surface area contributed by atoms with Crippen molar-refractivity contribution in [3.05, 3.63) is 65.9 Å². The molecular formula is C25H25NO5. The zero-order chi connectivity index (χ0) is 21.7. The number of aliphatic hydroxyl groups excluding tert-OH is 1. The molecule has 2 aromatic carbocycles. The van der Waals surface area contributed by atoms with Crippen LogP contribution >= 0.6 is 0 Å². The molecule has 1 saturated heterocycles. The highest BCUT2D eigenvalue weighted by Crippen LogP contribution is 2.53. The third-order valence-electron chi connectivity index (χ3n) is 6.81. The Hall–Kier alpha value is -3.12. The van der Waals surface area contributed by atoms with Crippen LogP contribution < -0.4 is 4.74 Å². The molecule has 6 nitrogen and oxygen atoms in total. The summed E-state index contributed by atoms with van der Waals surface area (Å²) in [5.74, 6) is -1.35. The van der Waals surface area contributed by atoms with Gasteiger partial charge in [0.1, 0.15) is 17.6 Å². The van der Waals surface area contributed by atoms with Gasteiger partial charge in [-0.1, -0.05) is 48.5 Å². The molecule has 2 unspecified atom stereocenters. The number of benzene rings is 2. The molecule has 1 amide bonds. The first kappa shape index (κ1) is 19.8. The number of carboxylic acid groups (broad SMARTS) is 1. The quantitative estimate of drug-likeness (QED) is 0.725. The van der Waals surface area contributed by atoms with E-state index in [1.807, 2.05) is 54.6 Å². The average molecular weight is 419 g/mol. The van der Waals surface area contributed by atoms with Crippen LogP contribution in [-0.4, -0.2) is 45.2 Å². The van der Waals surface area contributed by atoms with E-state index in [-0.39, 0.29) is 23.6 Å². The fourth-order valence-corrected chi connectivity index (χ4v) is 5.54. The van der Waals surface area contributed by atoms with Crippen molar-refractivity contribution in [2.45, 2.75) is 44.4 Å². The maximum atomic E-state index is 12.7. The van der Waals surface area contributed by atoms with Gasteiger partial charge in [-0.3, -0.25) is 4.79 Å². The molecule has 5 rings (SSSR count). The maximum absolute atomic E-state index is 12.7. The number of ether oxygens (including phenoxy) is 1. The van der Waals surface area contributed by atoms with E-state index >= 15 is 0 Å². The molecule has 160 valence electrons. The number of rotatable bonds is 5. The van der Waals surface area contributed by atoms with Gasteiger partial charge in [0.25, 0.3) is 0 Å². The minimum absolute atomic E-state index is 0.0544. The van der Waals surface area contributed by atoms with E-state index in [2.05, 4.69) is 0 Å². The summed E-state index contributed by atoms with van der Waals surface area (Å²) in [6.45, 7) is 1.60. The summed E-state index contributed by atoms with van der Waals surface area (Å²) < 4.78 is 6.47. The zero-order valence-electron chi connectivity index (χ0n) is 17.3. The standard InChI is InChI=1S/C25H25NO5/c1-14(27)20-22-17-11-7-13-19(21(17)23(25(29)30)26(22)24(20)28)31-18-12-6-5-10-16(18)15-8-3-2-4-9-15/h2-6,8-10,12,14,17,19-20,22,27H,7,11,13H2,1H3,(H,29,30)/t14-,17?,19?,20-,22-/m1/s1. The van der Waals surface area contributed by atoms with E-state index in [9.17, 15) is 19.8 Å². The summed E-state index contributed by atoms with van der Waals surface area (Å²) in [5.41, 5.74) is 2.72. The lowest BCUT2D eigenvalue weighted by Gasteiger charge is -2.47. The molecule has 5 atom stereocenters. The Morgan fingerprint density at radius 1 is 1.10 bits per heavy atom. The molecule has 1 aliphatic carbocycles. The van der Waals surface area contributed by atoms with Crippen LogP contribution in [-0.2, 0) is 9.59 Å². The first-order chi connectivity index (χ1) is 15.0. The number of aliphatic carboxylic acids is 1. The Kier molecular flexibility index (Phi) is 4.82. The maximum Gasteiger partial charge on any atom is 0.352 e. The number of amides is 1. The third kappa shape index (κ3) is 3.05. The molecule has 0 bridgehead atoms. The van der Waals surface area contributed by atoms with Crippen LogP contribution in [0.25, 0.3) is 11.1 Å². The number of carbonyl (C=O) groups excluding carboxylic acids is 1. The van der Waals surface area contributed by atoms with Gasteiger partial charge in [0.05, 0.1) is 18.1 Å². The van der Waals surface area contributed by atoms with Gasteiger partial charge in [0, 0.05) is 17.1 Å². The van der Waals surface area contributed by atoms with Gasteiger partial charge in [0.15, 0.2) is 0 Å². The van der Waals surface area contributed by atoms with Crippen LogP contribution in [0.3, 0.4) is 0 Å². The molecule has 2 fully saturated rings. The van der Waals surface area contributed by atoms with E-state index in [4.69, 9.17) is 4.74 Å². The van der Waals surface area contributed by atoms with Gasteiger partial charge >= 0.3 is 5.97 Å². The molecule has 2 heterocycles. The predicted octanol–water partition coefficient (Wildman–Crippen LogP) is 3.46. The van der Waals surface area contributed by atoms with Crippen molar-refractivity contribution in [3.63, 3.8) is 0 Å². The van der Waals surface area contributed by atoms with Gasteiger partial charge in [-0.25, -0.2) is 4.79 Å². The molecule has 2 aromatic rings. The van der Waals surface area contributed by atoms with Gasteiger partial charge in [-0.15, -0.1) is 0 Å². The van der Waals surface area contributed by atoms with Crippen molar-refractivity contribution in [1.82, 2.24) is 4.90 Å². The second-order valence-electron chi connectivity index (χ2n) is 8.58. The minimum atomic E-state index is -1.10.